The number of nitrogens with zero attached hydrogens (tertiary/aromatic N) is 1. The van der Waals surface area contributed by atoms with Crippen molar-refractivity contribution in [3.8, 4) is 0 Å². The third kappa shape index (κ3) is 5.69. The Bertz CT molecular complexity index is 1020. The second kappa shape index (κ2) is 10.0. The molecule has 5 nitrogen and oxygen atoms in total. The smallest absolute Gasteiger partial charge is 0.349 e. The quantitative estimate of drug-likeness (QED) is 0.637. The van der Waals surface area contributed by atoms with Crippen LogP contribution >= 0.6 is 0 Å². The van der Waals surface area contributed by atoms with Gasteiger partial charge in [-0.2, -0.15) is 17.5 Å². The van der Waals surface area contributed by atoms with Crippen molar-refractivity contribution < 1.29 is 26.4 Å². The number of nitrogens with one attached hydrogen (secondary N) is 1. The Labute approximate surface area is 186 Å². The van der Waals surface area contributed by atoms with Crippen LogP contribution in [0.4, 0.5) is 13.2 Å². The largest absolute Gasteiger partial charge is 0.416 e. The van der Waals surface area contributed by atoms with Crippen LogP contribution in [0.3, 0.4) is 0 Å². The molecule has 2 aromatic rings. The van der Waals surface area contributed by atoms with E-state index < -0.39 is 27.8 Å². The molecule has 32 heavy (non-hydrogen) atoms. The van der Waals surface area contributed by atoms with Crippen LogP contribution in [0.25, 0.3) is 0 Å². The average molecular weight is 469 g/mol. The van der Waals surface area contributed by atoms with E-state index in [1.807, 2.05) is 6.92 Å². The van der Waals surface area contributed by atoms with E-state index in [0.717, 1.165) is 12.1 Å². The lowest BCUT2D eigenvalue weighted by molar-refractivity contribution is -0.137. The Balaban J connectivity index is 1.65. The number of hydrogen-bond donors (Lipinski definition) is 1. The number of halogens is 3. The zero-order valence-electron chi connectivity index (χ0n) is 17.8. The number of benzene rings is 2. The molecule has 1 atom stereocenters. The fourth-order valence-corrected chi connectivity index (χ4v) is 5.42. The maximum absolute atomic E-state index is 13.1. The number of carbonyl (C=O) groups is 1. The Morgan fingerprint density at radius 3 is 2.34 bits per heavy atom. The van der Waals surface area contributed by atoms with Gasteiger partial charge in [0, 0.05) is 19.0 Å². The first-order chi connectivity index (χ1) is 15.1. The molecule has 1 saturated heterocycles. The summed E-state index contributed by atoms with van der Waals surface area (Å²) in [7, 11) is -3.61. The highest BCUT2D eigenvalue weighted by Gasteiger charge is 2.34. The monoisotopic (exact) mass is 468 g/mol. The lowest BCUT2D eigenvalue weighted by atomic mass is 9.95. The minimum atomic E-state index is -4.45. The minimum Gasteiger partial charge on any atom is -0.349 e. The number of amides is 1. The van der Waals surface area contributed by atoms with Gasteiger partial charge >= 0.3 is 6.18 Å². The molecule has 0 saturated carbocycles. The van der Waals surface area contributed by atoms with Gasteiger partial charge in [-0.15, -0.1) is 0 Å². The van der Waals surface area contributed by atoms with Gasteiger partial charge in [0.2, 0.25) is 15.9 Å². The zero-order valence-corrected chi connectivity index (χ0v) is 18.6. The molecule has 0 bridgehead atoms. The molecule has 174 valence electrons. The van der Waals surface area contributed by atoms with Crippen LogP contribution in [0.2, 0.25) is 0 Å². The number of carbonyl (C=O) groups excluding carboxylic acids is 1. The Hall–Kier alpha value is -2.39. The molecular weight excluding hydrogens is 441 g/mol. The molecule has 0 aromatic heterocycles. The fourth-order valence-electron chi connectivity index (χ4n) is 3.93. The first kappa shape index (κ1) is 24.3. The summed E-state index contributed by atoms with van der Waals surface area (Å²) in [5.41, 5.74) is -0.330. The van der Waals surface area contributed by atoms with E-state index in [1.54, 1.807) is 36.4 Å². The summed E-state index contributed by atoms with van der Waals surface area (Å²) < 4.78 is 66.1. The van der Waals surface area contributed by atoms with Gasteiger partial charge in [-0.1, -0.05) is 43.7 Å². The molecule has 0 aliphatic carbocycles. The van der Waals surface area contributed by atoms with Gasteiger partial charge in [-0.25, -0.2) is 8.42 Å². The van der Waals surface area contributed by atoms with Gasteiger partial charge in [0.25, 0.3) is 0 Å². The van der Waals surface area contributed by atoms with E-state index in [0.29, 0.717) is 31.2 Å². The molecule has 1 aliphatic heterocycles. The molecule has 0 radical (unpaired) electrons. The Morgan fingerprint density at radius 1 is 1.09 bits per heavy atom. The van der Waals surface area contributed by atoms with Gasteiger partial charge in [0.1, 0.15) is 0 Å². The van der Waals surface area contributed by atoms with E-state index in [4.69, 9.17) is 0 Å². The highest BCUT2D eigenvalue weighted by Crippen LogP contribution is 2.32. The fraction of sp³-hybridized carbons (Fsp3) is 0.435. The van der Waals surface area contributed by atoms with Gasteiger partial charge < -0.3 is 5.32 Å². The maximum atomic E-state index is 13.1. The van der Waals surface area contributed by atoms with E-state index in [9.17, 15) is 26.4 Å². The molecule has 2 aromatic carbocycles. The molecule has 9 heteroatoms. The Morgan fingerprint density at radius 2 is 1.75 bits per heavy atom. The lowest BCUT2D eigenvalue weighted by Gasteiger charge is -2.31. The minimum absolute atomic E-state index is 0.218. The number of alkyl halides is 3. The van der Waals surface area contributed by atoms with Crippen molar-refractivity contribution in [1.82, 2.24) is 9.62 Å². The van der Waals surface area contributed by atoms with Crippen LogP contribution in [0, 0.1) is 5.92 Å². The molecule has 0 spiro atoms. The number of rotatable bonds is 7. The molecular formula is C23H27F3N2O3S. The summed E-state index contributed by atoms with van der Waals surface area (Å²) in [5.74, 6) is -0.639. The Kier molecular flexibility index (Phi) is 7.61. The predicted octanol–water partition coefficient (Wildman–Crippen LogP) is 4.76. The number of hydrogen-bond acceptors (Lipinski definition) is 3. The standard InChI is InChI=1S/C23H27F3N2O3S/c1-2-7-21(18-8-6-9-19(16-18)23(24,25)26)27-22(29)17-12-14-28(15-13-17)32(30,31)20-10-4-3-5-11-20/h3-6,8-11,16-17,21H,2,7,12-15H2,1H3,(H,27,29). The maximum Gasteiger partial charge on any atom is 0.416 e. The van der Waals surface area contributed by atoms with Crippen LogP contribution in [-0.2, 0) is 21.0 Å². The average Bonchev–Trinajstić information content (AvgIpc) is 2.79. The number of piperidine rings is 1. The number of sulfonamides is 1. The molecule has 1 fully saturated rings. The van der Waals surface area contributed by atoms with Crippen molar-refractivity contribution >= 4 is 15.9 Å². The molecule has 3 rings (SSSR count). The summed E-state index contributed by atoms with van der Waals surface area (Å²) in [6, 6.07) is 12.6. The van der Waals surface area contributed by atoms with Crippen molar-refractivity contribution in [3.63, 3.8) is 0 Å². The van der Waals surface area contributed by atoms with E-state index >= 15 is 0 Å². The summed E-state index contributed by atoms with van der Waals surface area (Å²) in [6.45, 7) is 2.34. The lowest BCUT2D eigenvalue weighted by Crippen LogP contribution is -2.43. The zero-order chi connectivity index (χ0) is 23.4. The second-order valence-electron chi connectivity index (χ2n) is 7.96. The SMILES string of the molecule is CCCC(NC(=O)C1CCN(S(=O)(=O)c2ccccc2)CC1)c1cccc(C(F)(F)F)c1. The highest BCUT2D eigenvalue weighted by atomic mass is 32.2. The highest BCUT2D eigenvalue weighted by molar-refractivity contribution is 7.89. The van der Waals surface area contributed by atoms with Crippen LogP contribution < -0.4 is 5.32 Å². The third-order valence-corrected chi connectivity index (χ3v) is 7.63. The summed E-state index contributed by atoms with van der Waals surface area (Å²) in [4.78, 5) is 13.1. The van der Waals surface area contributed by atoms with Crippen molar-refractivity contribution in [2.24, 2.45) is 5.92 Å². The summed E-state index contributed by atoms with van der Waals surface area (Å²) in [6.07, 6.45) is -2.53. The van der Waals surface area contributed by atoms with Gasteiger partial charge in [0.15, 0.2) is 0 Å². The van der Waals surface area contributed by atoms with Gasteiger partial charge in [0.05, 0.1) is 16.5 Å². The van der Waals surface area contributed by atoms with E-state index in [2.05, 4.69) is 5.32 Å². The summed E-state index contributed by atoms with van der Waals surface area (Å²) >= 11 is 0. The van der Waals surface area contributed by atoms with Crippen LogP contribution in [0.5, 0.6) is 0 Å². The van der Waals surface area contributed by atoms with E-state index in [-0.39, 0.29) is 29.8 Å². The topological polar surface area (TPSA) is 66.5 Å². The third-order valence-electron chi connectivity index (χ3n) is 5.72. The molecule has 1 amide bonds. The van der Waals surface area contributed by atoms with Crippen molar-refractivity contribution in [2.45, 2.75) is 49.7 Å². The molecule has 1 unspecified atom stereocenters. The molecule has 1 N–H and O–H groups in total. The normalized spacial score (nSPS) is 17.1. The van der Waals surface area contributed by atoms with Gasteiger partial charge in [-0.05, 0) is 49.1 Å². The van der Waals surface area contributed by atoms with E-state index in [1.165, 1.54) is 10.4 Å². The van der Waals surface area contributed by atoms with Crippen molar-refractivity contribution in [2.75, 3.05) is 13.1 Å². The van der Waals surface area contributed by atoms with Crippen molar-refractivity contribution in [3.05, 3.63) is 65.7 Å². The predicted molar refractivity (Wildman–Crippen MR) is 115 cm³/mol. The van der Waals surface area contributed by atoms with Crippen LogP contribution in [-0.4, -0.2) is 31.7 Å². The molecule has 1 heterocycles. The summed E-state index contributed by atoms with van der Waals surface area (Å²) in [5, 5.41) is 2.89. The van der Waals surface area contributed by atoms with Gasteiger partial charge in [-0.3, -0.25) is 4.79 Å². The first-order valence-electron chi connectivity index (χ1n) is 10.7. The first-order valence-corrected chi connectivity index (χ1v) is 12.1. The molecule has 1 aliphatic rings. The van der Waals surface area contributed by atoms with Crippen LogP contribution in [0.15, 0.2) is 59.5 Å². The second-order valence-corrected chi connectivity index (χ2v) is 9.90. The van der Waals surface area contributed by atoms with Crippen molar-refractivity contribution in [1.29, 1.82) is 0 Å². The van der Waals surface area contributed by atoms with Crippen LogP contribution in [0.1, 0.15) is 49.8 Å².